The van der Waals surface area contributed by atoms with Crippen molar-refractivity contribution in [2.45, 2.75) is 18.9 Å². The van der Waals surface area contributed by atoms with Crippen LogP contribution in [0.2, 0.25) is 0 Å². The van der Waals surface area contributed by atoms with Crippen LogP contribution in [-0.2, 0) is 6.42 Å². The standard InChI is InChI=1S/C11H15NO2/c1-13-10-3-2-4-11-9(10)6-5-8(7-12)14-11/h2-4,8H,5-7,12H2,1H3/t8-/m0/s1. The first-order valence-electron chi connectivity index (χ1n) is 4.87. The minimum absolute atomic E-state index is 0.162. The third-order valence-corrected chi connectivity index (χ3v) is 2.58. The van der Waals surface area contributed by atoms with Crippen LogP contribution >= 0.6 is 0 Å². The average Bonchev–Trinajstić information content (AvgIpc) is 2.27. The van der Waals surface area contributed by atoms with Gasteiger partial charge in [-0.15, -0.1) is 0 Å². The van der Waals surface area contributed by atoms with Crippen LogP contribution in [0.3, 0.4) is 0 Å². The Balaban J connectivity index is 2.30. The van der Waals surface area contributed by atoms with E-state index < -0.39 is 0 Å². The van der Waals surface area contributed by atoms with E-state index >= 15 is 0 Å². The normalized spacial score (nSPS) is 19.7. The van der Waals surface area contributed by atoms with Crippen molar-refractivity contribution in [3.63, 3.8) is 0 Å². The van der Waals surface area contributed by atoms with Gasteiger partial charge in [-0.05, 0) is 25.0 Å². The molecule has 1 aliphatic heterocycles. The molecule has 3 nitrogen and oxygen atoms in total. The van der Waals surface area contributed by atoms with Crippen molar-refractivity contribution in [1.82, 2.24) is 0 Å². The van der Waals surface area contributed by atoms with E-state index in [0.29, 0.717) is 6.54 Å². The first-order chi connectivity index (χ1) is 6.85. The van der Waals surface area contributed by atoms with E-state index in [1.807, 2.05) is 18.2 Å². The second-order valence-electron chi connectivity index (χ2n) is 3.45. The van der Waals surface area contributed by atoms with E-state index in [1.165, 1.54) is 5.56 Å². The lowest BCUT2D eigenvalue weighted by Gasteiger charge is -2.26. The zero-order valence-corrected chi connectivity index (χ0v) is 8.32. The van der Waals surface area contributed by atoms with Gasteiger partial charge in [0.1, 0.15) is 17.6 Å². The minimum atomic E-state index is 0.162. The Morgan fingerprint density at radius 3 is 3.14 bits per heavy atom. The minimum Gasteiger partial charge on any atom is -0.496 e. The number of methoxy groups -OCH3 is 1. The summed E-state index contributed by atoms with van der Waals surface area (Å²) in [5.74, 6) is 1.84. The monoisotopic (exact) mass is 193 g/mol. The topological polar surface area (TPSA) is 44.5 Å². The first-order valence-corrected chi connectivity index (χ1v) is 4.87. The molecule has 1 aromatic rings. The number of hydrogen-bond donors (Lipinski definition) is 1. The van der Waals surface area contributed by atoms with E-state index in [0.717, 1.165) is 24.3 Å². The SMILES string of the molecule is COc1cccc2c1CC[C@@H](CN)O2. The lowest BCUT2D eigenvalue weighted by molar-refractivity contribution is 0.179. The van der Waals surface area contributed by atoms with Gasteiger partial charge in [-0.3, -0.25) is 0 Å². The van der Waals surface area contributed by atoms with E-state index in [-0.39, 0.29) is 6.10 Å². The van der Waals surface area contributed by atoms with Crippen LogP contribution in [0, 0.1) is 0 Å². The first kappa shape index (κ1) is 9.34. The molecule has 1 aromatic carbocycles. The summed E-state index contributed by atoms with van der Waals surface area (Å²) in [6.07, 6.45) is 2.13. The molecule has 0 radical (unpaired) electrons. The highest BCUT2D eigenvalue weighted by Gasteiger charge is 2.20. The van der Waals surface area contributed by atoms with E-state index in [4.69, 9.17) is 15.2 Å². The summed E-state index contributed by atoms with van der Waals surface area (Å²) < 4.78 is 11.0. The Kier molecular flexibility index (Phi) is 2.59. The smallest absolute Gasteiger partial charge is 0.126 e. The zero-order chi connectivity index (χ0) is 9.97. The highest BCUT2D eigenvalue weighted by atomic mass is 16.5. The van der Waals surface area contributed by atoms with Gasteiger partial charge in [0, 0.05) is 12.1 Å². The molecule has 0 unspecified atom stereocenters. The maximum absolute atomic E-state index is 5.72. The fraction of sp³-hybridized carbons (Fsp3) is 0.455. The molecule has 0 spiro atoms. The van der Waals surface area contributed by atoms with E-state index in [9.17, 15) is 0 Å². The largest absolute Gasteiger partial charge is 0.496 e. The summed E-state index contributed by atoms with van der Waals surface area (Å²) in [6, 6.07) is 5.88. The van der Waals surface area contributed by atoms with Crippen molar-refractivity contribution in [3.05, 3.63) is 23.8 Å². The molecule has 2 rings (SSSR count). The second kappa shape index (κ2) is 3.88. The summed E-state index contributed by atoms with van der Waals surface area (Å²) in [5.41, 5.74) is 6.74. The predicted molar refractivity (Wildman–Crippen MR) is 54.8 cm³/mol. The van der Waals surface area contributed by atoms with Gasteiger partial charge < -0.3 is 15.2 Å². The quantitative estimate of drug-likeness (QED) is 0.771. The lowest BCUT2D eigenvalue weighted by atomic mass is 10.0. The molecule has 14 heavy (non-hydrogen) atoms. The molecule has 0 amide bonds. The summed E-state index contributed by atoms with van der Waals surface area (Å²) in [5, 5.41) is 0. The fourth-order valence-electron chi connectivity index (χ4n) is 1.80. The molecular weight excluding hydrogens is 178 g/mol. The molecule has 3 heteroatoms. The molecule has 0 fully saturated rings. The molecular formula is C11H15NO2. The fourth-order valence-corrected chi connectivity index (χ4v) is 1.80. The summed E-state index contributed by atoms with van der Waals surface area (Å²) in [4.78, 5) is 0. The van der Waals surface area contributed by atoms with Gasteiger partial charge in [0.05, 0.1) is 7.11 Å². The molecule has 0 bridgehead atoms. The van der Waals surface area contributed by atoms with Gasteiger partial charge in [0.2, 0.25) is 0 Å². The van der Waals surface area contributed by atoms with Gasteiger partial charge in [0.15, 0.2) is 0 Å². The number of benzene rings is 1. The Hall–Kier alpha value is -1.22. The second-order valence-corrected chi connectivity index (χ2v) is 3.45. The van der Waals surface area contributed by atoms with Crippen molar-refractivity contribution < 1.29 is 9.47 Å². The Morgan fingerprint density at radius 1 is 1.57 bits per heavy atom. The van der Waals surface area contributed by atoms with Gasteiger partial charge in [0.25, 0.3) is 0 Å². The summed E-state index contributed by atoms with van der Waals surface area (Å²) >= 11 is 0. The lowest BCUT2D eigenvalue weighted by Crippen LogP contribution is -2.30. The van der Waals surface area contributed by atoms with E-state index in [2.05, 4.69) is 0 Å². The Bertz CT molecular complexity index is 325. The van der Waals surface area contributed by atoms with Crippen LogP contribution < -0.4 is 15.2 Å². The number of ether oxygens (including phenoxy) is 2. The maximum atomic E-state index is 5.72. The van der Waals surface area contributed by atoms with Crippen LogP contribution in [-0.4, -0.2) is 19.8 Å². The molecule has 0 aromatic heterocycles. The van der Waals surface area contributed by atoms with Crippen LogP contribution in [0.5, 0.6) is 11.5 Å². The van der Waals surface area contributed by atoms with Crippen molar-refractivity contribution in [3.8, 4) is 11.5 Å². The summed E-state index contributed by atoms with van der Waals surface area (Å²) in [6.45, 7) is 0.580. The van der Waals surface area contributed by atoms with Gasteiger partial charge in [-0.25, -0.2) is 0 Å². The Morgan fingerprint density at radius 2 is 2.43 bits per heavy atom. The zero-order valence-electron chi connectivity index (χ0n) is 8.32. The van der Waals surface area contributed by atoms with E-state index in [1.54, 1.807) is 7.11 Å². The number of hydrogen-bond acceptors (Lipinski definition) is 3. The van der Waals surface area contributed by atoms with Crippen molar-refractivity contribution in [2.75, 3.05) is 13.7 Å². The van der Waals surface area contributed by atoms with Crippen molar-refractivity contribution in [2.24, 2.45) is 5.73 Å². The predicted octanol–water partition coefficient (Wildman–Crippen LogP) is 1.35. The van der Waals surface area contributed by atoms with Gasteiger partial charge >= 0.3 is 0 Å². The highest BCUT2D eigenvalue weighted by Crippen LogP contribution is 2.34. The molecule has 76 valence electrons. The third kappa shape index (κ3) is 1.55. The third-order valence-electron chi connectivity index (χ3n) is 2.58. The van der Waals surface area contributed by atoms with Gasteiger partial charge in [-0.2, -0.15) is 0 Å². The number of nitrogens with two attached hydrogens (primary N) is 1. The average molecular weight is 193 g/mol. The van der Waals surface area contributed by atoms with Crippen molar-refractivity contribution >= 4 is 0 Å². The highest BCUT2D eigenvalue weighted by molar-refractivity contribution is 5.46. The molecule has 2 N–H and O–H groups in total. The maximum Gasteiger partial charge on any atom is 0.126 e. The molecule has 1 atom stereocenters. The van der Waals surface area contributed by atoms with Crippen LogP contribution in [0.25, 0.3) is 0 Å². The molecule has 0 saturated carbocycles. The van der Waals surface area contributed by atoms with Crippen LogP contribution in [0.15, 0.2) is 18.2 Å². The van der Waals surface area contributed by atoms with Gasteiger partial charge in [-0.1, -0.05) is 6.07 Å². The summed E-state index contributed by atoms with van der Waals surface area (Å²) in [7, 11) is 1.69. The molecule has 0 aliphatic carbocycles. The molecule has 1 aliphatic rings. The Labute approximate surface area is 83.8 Å². The number of fused-ring (bicyclic) bond motifs is 1. The molecule has 0 saturated heterocycles. The van der Waals surface area contributed by atoms with Crippen LogP contribution in [0.1, 0.15) is 12.0 Å². The molecule has 1 heterocycles. The van der Waals surface area contributed by atoms with Crippen LogP contribution in [0.4, 0.5) is 0 Å². The number of rotatable bonds is 2. The van der Waals surface area contributed by atoms with Crippen molar-refractivity contribution in [1.29, 1.82) is 0 Å².